The molecule has 0 radical (unpaired) electrons. The van der Waals surface area contributed by atoms with Crippen LogP contribution < -0.4 is 4.74 Å². The zero-order valence-corrected chi connectivity index (χ0v) is 16.4. The highest BCUT2D eigenvalue weighted by Gasteiger charge is 2.65. The summed E-state index contributed by atoms with van der Waals surface area (Å²) in [6.07, 6.45) is 1.80. The van der Waals surface area contributed by atoms with E-state index in [2.05, 4.69) is 5.16 Å². The van der Waals surface area contributed by atoms with Crippen molar-refractivity contribution in [2.45, 2.75) is 33.1 Å². The smallest absolute Gasteiger partial charge is 0.329 e. The third kappa shape index (κ3) is 3.21. The van der Waals surface area contributed by atoms with Gasteiger partial charge in [0.05, 0.1) is 12.5 Å². The van der Waals surface area contributed by atoms with Gasteiger partial charge in [-0.05, 0) is 48.4 Å². The predicted octanol–water partition coefficient (Wildman–Crippen LogP) is 2.66. The number of ether oxygens (including phenoxy) is 1. The van der Waals surface area contributed by atoms with Crippen LogP contribution in [0.5, 0.6) is 5.75 Å². The summed E-state index contributed by atoms with van der Waals surface area (Å²) >= 11 is 0. The molecule has 7 nitrogen and oxygen atoms in total. The number of nitrogens with zero attached hydrogens (tertiary/aromatic N) is 2. The maximum Gasteiger partial charge on any atom is 0.329 e. The second-order valence-corrected chi connectivity index (χ2v) is 9.28. The normalized spacial score (nSPS) is 26.7. The minimum atomic E-state index is -4.12. The number of nitriles is 1. The van der Waals surface area contributed by atoms with Crippen molar-refractivity contribution in [1.82, 2.24) is 0 Å². The van der Waals surface area contributed by atoms with Crippen LogP contribution in [0.2, 0.25) is 0 Å². The lowest BCUT2D eigenvalue weighted by molar-refractivity contribution is -0.128. The Hall–Kier alpha value is -2.40. The molecule has 0 saturated heterocycles. The van der Waals surface area contributed by atoms with E-state index in [1.807, 2.05) is 19.9 Å². The van der Waals surface area contributed by atoms with Gasteiger partial charge in [0.25, 0.3) is 0 Å². The molecule has 3 rings (SSSR count). The number of hydrogen-bond acceptors (Lipinski definition) is 7. The van der Waals surface area contributed by atoms with Gasteiger partial charge in [-0.2, -0.15) is 13.7 Å². The Morgan fingerprint density at radius 2 is 2.00 bits per heavy atom. The predicted molar refractivity (Wildman–Crippen MR) is 98.6 cm³/mol. The van der Waals surface area contributed by atoms with E-state index in [0.29, 0.717) is 24.2 Å². The number of ketones is 1. The first-order chi connectivity index (χ1) is 12.6. The fraction of sp³-hybridized carbons (Fsp3) is 0.526. The van der Waals surface area contributed by atoms with Crippen molar-refractivity contribution in [3.05, 3.63) is 29.8 Å². The van der Waals surface area contributed by atoms with E-state index < -0.39 is 26.7 Å². The van der Waals surface area contributed by atoms with Gasteiger partial charge < -0.3 is 4.74 Å². The molecule has 0 aromatic heterocycles. The van der Waals surface area contributed by atoms with Crippen LogP contribution in [-0.2, 0) is 19.2 Å². The van der Waals surface area contributed by atoms with Crippen molar-refractivity contribution in [2.75, 3.05) is 12.9 Å². The average molecular weight is 390 g/mol. The van der Waals surface area contributed by atoms with Crippen LogP contribution in [0, 0.1) is 28.1 Å². The molecular weight excluding hydrogens is 368 g/mol. The van der Waals surface area contributed by atoms with E-state index in [1.165, 1.54) is 7.11 Å². The summed E-state index contributed by atoms with van der Waals surface area (Å²) in [6, 6.07) is 8.27. The maximum absolute atomic E-state index is 12.5. The van der Waals surface area contributed by atoms with Gasteiger partial charge >= 0.3 is 10.1 Å². The fourth-order valence-electron chi connectivity index (χ4n) is 4.42. The summed E-state index contributed by atoms with van der Waals surface area (Å²) in [5, 5.41) is 12.8. The molecule has 144 valence electrons. The van der Waals surface area contributed by atoms with E-state index >= 15 is 0 Å². The summed E-state index contributed by atoms with van der Waals surface area (Å²) in [7, 11) is -2.61. The van der Waals surface area contributed by atoms with E-state index in [9.17, 15) is 18.5 Å². The molecule has 2 bridgehead atoms. The molecule has 0 aliphatic heterocycles. The summed E-state index contributed by atoms with van der Waals surface area (Å²) in [6.45, 7) is 3.90. The van der Waals surface area contributed by atoms with Gasteiger partial charge in [-0.25, -0.2) is 0 Å². The van der Waals surface area contributed by atoms with Crippen molar-refractivity contribution in [3.63, 3.8) is 0 Å². The maximum atomic E-state index is 12.5. The van der Waals surface area contributed by atoms with Crippen molar-refractivity contribution < 1.29 is 22.2 Å². The molecule has 0 spiro atoms. The Morgan fingerprint density at radius 1 is 1.33 bits per heavy atom. The Kier molecular flexibility index (Phi) is 4.76. The molecule has 2 aliphatic rings. The molecule has 2 unspecified atom stereocenters. The zero-order valence-electron chi connectivity index (χ0n) is 15.6. The van der Waals surface area contributed by atoms with Gasteiger partial charge in [-0.3, -0.25) is 9.08 Å². The first kappa shape index (κ1) is 19.4. The molecule has 0 heterocycles. The lowest BCUT2D eigenvalue weighted by atomic mass is 9.70. The van der Waals surface area contributed by atoms with Crippen LogP contribution in [0.3, 0.4) is 0 Å². The van der Waals surface area contributed by atoms with Gasteiger partial charge in [-0.1, -0.05) is 19.0 Å². The number of methoxy groups -OCH3 is 1. The quantitative estimate of drug-likeness (QED) is 0.546. The molecule has 1 aromatic carbocycles. The van der Waals surface area contributed by atoms with E-state index in [1.54, 1.807) is 24.3 Å². The lowest BCUT2D eigenvalue weighted by Crippen LogP contribution is -2.42. The number of fused-ring (bicyclic) bond motifs is 2. The van der Waals surface area contributed by atoms with Crippen LogP contribution in [0.25, 0.3) is 0 Å². The SMILES string of the molecule is COc1ccc(C(C#N)=NOS(=O)(=O)CC23CCC(CC2=O)C3(C)C)cc1. The molecule has 1 aromatic rings. The topological polar surface area (TPSA) is 106 Å². The van der Waals surface area contributed by atoms with Gasteiger partial charge in [-0.15, -0.1) is 0 Å². The highest BCUT2D eigenvalue weighted by molar-refractivity contribution is 7.86. The molecule has 2 atom stereocenters. The van der Waals surface area contributed by atoms with Crippen LogP contribution >= 0.6 is 0 Å². The minimum Gasteiger partial charge on any atom is -0.497 e. The summed E-state index contributed by atoms with van der Waals surface area (Å²) in [5.41, 5.74) is -1.08. The number of hydrogen-bond donors (Lipinski definition) is 0. The minimum absolute atomic E-state index is 0.0180. The monoisotopic (exact) mass is 390 g/mol. The molecule has 0 N–H and O–H groups in total. The van der Waals surface area contributed by atoms with Crippen LogP contribution in [0.1, 0.15) is 38.7 Å². The average Bonchev–Trinajstić information content (AvgIpc) is 2.96. The van der Waals surface area contributed by atoms with Gasteiger partial charge in [0.15, 0.2) is 5.71 Å². The van der Waals surface area contributed by atoms with E-state index in [0.717, 1.165) is 6.42 Å². The third-order valence-electron chi connectivity index (χ3n) is 6.27. The van der Waals surface area contributed by atoms with Gasteiger partial charge in [0.1, 0.15) is 23.4 Å². The largest absolute Gasteiger partial charge is 0.497 e. The Morgan fingerprint density at radius 3 is 2.48 bits per heavy atom. The number of oxime groups is 1. The second-order valence-electron chi connectivity index (χ2n) is 7.72. The zero-order chi connectivity index (χ0) is 19.9. The first-order valence-corrected chi connectivity index (χ1v) is 10.3. The fourth-order valence-corrected chi connectivity index (χ4v) is 5.94. The number of Topliss-reactive ketones (excluding diaryl/α,β-unsaturated/α-hetero) is 1. The summed E-state index contributed by atoms with van der Waals surface area (Å²) in [5.74, 6) is 0.377. The highest BCUT2D eigenvalue weighted by Crippen LogP contribution is 2.64. The highest BCUT2D eigenvalue weighted by atomic mass is 32.2. The van der Waals surface area contributed by atoms with E-state index in [4.69, 9.17) is 9.02 Å². The Bertz CT molecular complexity index is 928. The number of rotatable bonds is 6. The van der Waals surface area contributed by atoms with Crippen LogP contribution in [0.4, 0.5) is 0 Å². The number of carbonyl (C=O) groups excluding carboxylic acids is 1. The number of carbonyl (C=O) groups is 1. The lowest BCUT2D eigenvalue weighted by Gasteiger charge is -2.35. The molecule has 27 heavy (non-hydrogen) atoms. The van der Waals surface area contributed by atoms with Crippen molar-refractivity contribution in [2.24, 2.45) is 21.9 Å². The molecule has 2 aliphatic carbocycles. The Balaban J connectivity index is 1.80. The Labute approximate surface area is 159 Å². The van der Waals surface area contributed by atoms with E-state index in [-0.39, 0.29) is 17.4 Å². The van der Waals surface area contributed by atoms with Crippen molar-refractivity contribution >= 4 is 21.6 Å². The molecule has 0 amide bonds. The standard InChI is InChI=1S/C19H22N2O5S/c1-18(2)14-8-9-19(18,17(22)10-14)12-27(23,24)26-21-16(11-20)13-4-6-15(25-3)7-5-13/h4-7,14H,8-10,12H2,1-3H3. The van der Waals surface area contributed by atoms with Crippen LogP contribution in [-0.4, -0.2) is 32.8 Å². The molecule has 2 saturated carbocycles. The van der Waals surface area contributed by atoms with Crippen molar-refractivity contribution in [1.29, 1.82) is 5.26 Å². The molecule has 2 fully saturated rings. The number of benzene rings is 1. The van der Waals surface area contributed by atoms with Crippen LogP contribution in [0.15, 0.2) is 29.4 Å². The third-order valence-corrected chi connectivity index (χ3v) is 7.42. The van der Waals surface area contributed by atoms with Crippen molar-refractivity contribution in [3.8, 4) is 11.8 Å². The first-order valence-electron chi connectivity index (χ1n) is 8.72. The summed E-state index contributed by atoms with van der Waals surface area (Å²) < 4.78 is 34.9. The second kappa shape index (κ2) is 6.64. The molecular formula is C19H22N2O5S. The van der Waals surface area contributed by atoms with Gasteiger partial charge in [0.2, 0.25) is 0 Å². The van der Waals surface area contributed by atoms with Gasteiger partial charge in [0, 0.05) is 12.0 Å². The summed E-state index contributed by atoms with van der Waals surface area (Å²) in [4.78, 5) is 12.5. The molecule has 8 heteroatoms.